The number of oxazole rings is 1. The van der Waals surface area contributed by atoms with Crippen LogP contribution < -0.4 is 10.1 Å². The van der Waals surface area contributed by atoms with Gasteiger partial charge in [-0.15, -0.1) is 11.3 Å². The lowest BCUT2D eigenvalue weighted by molar-refractivity contribution is 0.0373. The Balaban J connectivity index is 1.63. The number of aliphatic hydroxyl groups excluding tert-OH is 3. The van der Waals surface area contributed by atoms with Crippen molar-refractivity contribution >= 4 is 27.5 Å². The van der Waals surface area contributed by atoms with Gasteiger partial charge in [0.05, 0.1) is 35.0 Å². The van der Waals surface area contributed by atoms with Crippen LogP contribution in [0.25, 0.3) is 10.2 Å². The van der Waals surface area contributed by atoms with Crippen molar-refractivity contribution in [1.29, 1.82) is 0 Å². The number of hydrogen-bond donors (Lipinski definition) is 4. The highest BCUT2D eigenvalue weighted by Crippen LogP contribution is 2.26. The van der Waals surface area contributed by atoms with E-state index < -0.39 is 31.3 Å². The molecule has 9 nitrogen and oxygen atoms in total. The molecule has 0 unspecified atom stereocenters. The first kappa shape index (κ1) is 19.2. The van der Waals surface area contributed by atoms with Crippen LogP contribution in [0.4, 0.5) is 0 Å². The van der Waals surface area contributed by atoms with Crippen LogP contribution in [0.15, 0.2) is 28.9 Å². The molecule has 0 radical (unpaired) electrons. The molecule has 4 N–H and O–H groups in total. The zero-order valence-electron chi connectivity index (χ0n) is 14.5. The fourth-order valence-corrected chi connectivity index (χ4v) is 3.12. The molecule has 0 spiro atoms. The lowest BCUT2D eigenvalue weighted by atomic mass is 10.0. The number of carbonyl (C=O) groups excluding carboxylic acids is 1. The number of nitrogens with zero attached hydrogens (tertiary/aromatic N) is 2. The predicted molar refractivity (Wildman–Crippen MR) is 96.6 cm³/mol. The summed E-state index contributed by atoms with van der Waals surface area (Å²) in [5, 5.41) is 31.1. The first-order valence-corrected chi connectivity index (χ1v) is 8.90. The molecule has 0 fully saturated rings. The summed E-state index contributed by atoms with van der Waals surface area (Å²) >= 11 is 1.60. The molecule has 2 heterocycles. The number of fused-ring (bicyclic) bond motifs is 1. The van der Waals surface area contributed by atoms with Crippen molar-refractivity contribution in [1.82, 2.24) is 15.3 Å². The summed E-state index contributed by atoms with van der Waals surface area (Å²) in [5.41, 5.74) is -0.747. The molecular formula is C17H19N3O6S. The highest BCUT2D eigenvalue weighted by atomic mass is 32.1. The summed E-state index contributed by atoms with van der Waals surface area (Å²) in [5.74, 6) is 0.0793. The van der Waals surface area contributed by atoms with Gasteiger partial charge in [0.1, 0.15) is 17.6 Å². The zero-order chi connectivity index (χ0) is 19.4. The topological polar surface area (TPSA) is 138 Å². The molecule has 0 aliphatic carbocycles. The minimum Gasteiger partial charge on any atom is -0.484 e. The van der Waals surface area contributed by atoms with Crippen LogP contribution in [0.1, 0.15) is 21.4 Å². The zero-order valence-corrected chi connectivity index (χ0v) is 15.3. The number of rotatable bonds is 8. The number of aliphatic hydroxyl groups is 3. The van der Waals surface area contributed by atoms with Crippen molar-refractivity contribution in [3.63, 3.8) is 0 Å². The van der Waals surface area contributed by atoms with Gasteiger partial charge in [-0.05, 0) is 19.1 Å². The first-order valence-electron chi connectivity index (χ1n) is 8.08. The Bertz CT molecular complexity index is 926. The Morgan fingerprint density at radius 3 is 2.70 bits per heavy atom. The third-order valence-corrected chi connectivity index (χ3v) is 4.85. The Morgan fingerprint density at radius 2 is 2.00 bits per heavy atom. The summed E-state index contributed by atoms with van der Waals surface area (Å²) in [7, 11) is 0. The molecule has 0 atom stereocenters. The van der Waals surface area contributed by atoms with E-state index in [-0.39, 0.29) is 18.2 Å². The number of benzene rings is 1. The van der Waals surface area contributed by atoms with Crippen LogP contribution in [0.5, 0.6) is 5.75 Å². The molecule has 0 saturated carbocycles. The van der Waals surface area contributed by atoms with E-state index in [9.17, 15) is 20.1 Å². The molecule has 27 heavy (non-hydrogen) atoms. The second kappa shape index (κ2) is 8.01. The second-order valence-electron chi connectivity index (χ2n) is 5.99. The number of ether oxygens (including phenoxy) is 1. The highest BCUT2D eigenvalue weighted by Gasteiger charge is 2.31. The van der Waals surface area contributed by atoms with Gasteiger partial charge in [-0.3, -0.25) is 4.79 Å². The SMILES string of the molecule is Cc1nc2cc(OCc3nc(C(=O)NC(CO)(CO)CO)co3)ccc2s1. The van der Waals surface area contributed by atoms with E-state index in [4.69, 9.17) is 9.15 Å². The normalized spacial score (nSPS) is 11.7. The van der Waals surface area contributed by atoms with Gasteiger partial charge in [-0.25, -0.2) is 9.97 Å². The molecule has 0 aliphatic rings. The van der Waals surface area contributed by atoms with E-state index in [1.807, 2.05) is 25.1 Å². The number of hydrogen-bond acceptors (Lipinski definition) is 9. The largest absolute Gasteiger partial charge is 0.484 e. The molecular weight excluding hydrogens is 374 g/mol. The van der Waals surface area contributed by atoms with Crippen molar-refractivity contribution in [2.75, 3.05) is 19.8 Å². The molecule has 1 amide bonds. The summed E-state index contributed by atoms with van der Waals surface area (Å²) in [6.45, 7) is 0.0606. The Labute approximate surface area is 158 Å². The standard InChI is InChI=1S/C17H19N3O6S/c1-10-18-12-4-11(2-3-14(12)27-10)25-6-15-19-13(5-26-15)16(24)20-17(7-21,8-22)9-23/h2-5,21-23H,6-9H2,1H3,(H,20,24). The third-order valence-electron chi connectivity index (χ3n) is 3.90. The molecule has 0 aliphatic heterocycles. The maximum atomic E-state index is 12.2. The van der Waals surface area contributed by atoms with Gasteiger partial charge in [0.25, 0.3) is 5.91 Å². The van der Waals surface area contributed by atoms with Gasteiger partial charge >= 0.3 is 0 Å². The lowest BCUT2D eigenvalue weighted by Crippen LogP contribution is -2.57. The van der Waals surface area contributed by atoms with E-state index in [1.54, 1.807) is 11.3 Å². The number of aromatic nitrogens is 2. The number of amides is 1. The average Bonchev–Trinajstić information content (AvgIpc) is 3.29. The van der Waals surface area contributed by atoms with Crippen LogP contribution in [0, 0.1) is 6.92 Å². The minimum atomic E-state index is -1.53. The third kappa shape index (κ3) is 4.25. The van der Waals surface area contributed by atoms with Crippen molar-refractivity contribution in [3.05, 3.63) is 41.1 Å². The number of thiazole rings is 1. The Kier molecular flexibility index (Phi) is 5.71. The lowest BCUT2D eigenvalue weighted by Gasteiger charge is -2.28. The number of carbonyl (C=O) groups is 1. The van der Waals surface area contributed by atoms with E-state index in [0.717, 1.165) is 21.5 Å². The van der Waals surface area contributed by atoms with Crippen LogP contribution in [-0.2, 0) is 6.61 Å². The average molecular weight is 393 g/mol. The van der Waals surface area contributed by atoms with Crippen molar-refractivity contribution < 1.29 is 29.3 Å². The van der Waals surface area contributed by atoms with Crippen molar-refractivity contribution in [3.8, 4) is 5.75 Å². The second-order valence-corrected chi connectivity index (χ2v) is 7.22. The smallest absolute Gasteiger partial charge is 0.273 e. The molecule has 3 aromatic rings. The molecule has 3 rings (SSSR count). The van der Waals surface area contributed by atoms with E-state index >= 15 is 0 Å². The van der Waals surface area contributed by atoms with Gasteiger partial charge < -0.3 is 29.8 Å². The summed E-state index contributed by atoms with van der Waals surface area (Å²) < 4.78 is 11.9. The molecule has 2 aromatic heterocycles. The summed E-state index contributed by atoms with van der Waals surface area (Å²) in [6, 6.07) is 5.55. The molecule has 10 heteroatoms. The maximum absolute atomic E-state index is 12.2. The minimum absolute atomic E-state index is 0.00699. The van der Waals surface area contributed by atoms with Crippen LogP contribution in [-0.4, -0.2) is 56.6 Å². The number of aryl methyl sites for hydroxylation is 1. The van der Waals surface area contributed by atoms with Crippen LogP contribution in [0.3, 0.4) is 0 Å². The van der Waals surface area contributed by atoms with Gasteiger partial charge in [-0.2, -0.15) is 0 Å². The fourth-order valence-electron chi connectivity index (χ4n) is 2.31. The van der Waals surface area contributed by atoms with Gasteiger partial charge in [-0.1, -0.05) is 0 Å². The first-order chi connectivity index (χ1) is 13.0. The molecule has 144 valence electrons. The van der Waals surface area contributed by atoms with Crippen LogP contribution in [0.2, 0.25) is 0 Å². The quantitative estimate of drug-likeness (QED) is 0.437. The van der Waals surface area contributed by atoms with Gasteiger partial charge in [0, 0.05) is 6.07 Å². The van der Waals surface area contributed by atoms with Crippen molar-refractivity contribution in [2.24, 2.45) is 0 Å². The fraction of sp³-hybridized carbons (Fsp3) is 0.353. The number of nitrogens with one attached hydrogen (secondary N) is 1. The predicted octanol–water partition coefficient (Wildman–Crippen LogP) is 0.617. The summed E-state index contributed by atoms with van der Waals surface area (Å²) in [6.07, 6.45) is 1.14. The molecule has 0 bridgehead atoms. The van der Waals surface area contributed by atoms with Crippen molar-refractivity contribution in [2.45, 2.75) is 19.1 Å². The van der Waals surface area contributed by atoms with Crippen LogP contribution >= 0.6 is 11.3 Å². The molecule has 0 saturated heterocycles. The Hall–Kier alpha value is -2.53. The summed E-state index contributed by atoms with van der Waals surface area (Å²) in [4.78, 5) is 20.6. The van der Waals surface area contributed by atoms with E-state index in [0.29, 0.717) is 5.75 Å². The van der Waals surface area contributed by atoms with E-state index in [1.165, 1.54) is 0 Å². The maximum Gasteiger partial charge on any atom is 0.273 e. The monoisotopic (exact) mass is 393 g/mol. The van der Waals surface area contributed by atoms with Gasteiger partial charge in [0.15, 0.2) is 12.3 Å². The Morgan fingerprint density at radius 1 is 1.26 bits per heavy atom. The van der Waals surface area contributed by atoms with Gasteiger partial charge in [0.2, 0.25) is 5.89 Å². The molecule has 1 aromatic carbocycles. The van der Waals surface area contributed by atoms with E-state index in [2.05, 4.69) is 15.3 Å². The highest BCUT2D eigenvalue weighted by molar-refractivity contribution is 7.18.